The molecule has 3 atom stereocenters. The number of hydrogen-bond acceptors (Lipinski definition) is 4. The van der Waals surface area contributed by atoms with Gasteiger partial charge in [0.15, 0.2) is 0 Å². The van der Waals surface area contributed by atoms with Crippen LogP contribution in [-0.4, -0.2) is 27.1 Å². The van der Waals surface area contributed by atoms with Crippen LogP contribution in [0.15, 0.2) is 24.4 Å². The molecule has 1 saturated heterocycles. The minimum absolute atomic E-state index is 0.0191. The molecule has 3 rings (SSSR count). The number of carbonyl (C=O) groups excluding carboxylic acids is 1. The van der Waals surface area contributed by atoms with Crippen molar-refractivity contribution in [2.75, 3.05) is 0 Å². The average Bonchev–Trinajstić information content (AvgIpc) is 3.02. The largest absolute Gasteiger partial charge is 0.416 e. The number of hydrogen-bond donors (Lipinski definition) is 2. The van der Waals surface area contributed by atoms with Crippen molar-refractivity contribution < 1.29 is 18.0 Å². The third-order valence-electron chi connectivity index (χ3n) is 4.28. The maximum atomic E-state index is 12.8. The molecule has 10 heteroatoms. The molecule has 2 N–H and O–H groups in total. The highest BCUT2D eigenvalue weighted by Crippen LogP contribution is 2.35. The molecule has 0 spiro atoms. The maximum absolute atomic E-state index is 12.8. The van der Waals surface area contributed by atoms with Crippen LogP contribution in [-0.2, 0) is 11.0 Å². The second-order valence-corrected chi connectivity index (χ2v) is 6.66. The fraction of sp³-hybridized carbons (Fsp3) is 0.438. The molecule has 2 unspecified atom stereocenters. The van der Waals surface area contributed by atoms with Gasteiger partial charge in [-0.3, -0.25) is 10.1 Å². The zero-order valence-electron chi connectivity index (χ0n) is 14.0. The zero-order chi connectivity index (χ0) is 19.1. The summed E-state index contributed by atoms with van der Waals surface area (Å²) in [6.45, 7) is 3.60. The van der Waals surface area contributed by atoms with Crippen LogP contribution in [0.3, 0.4) is 0 Å². The summed E-state index contributed by atoms with van der Waals surface area (Å²) in [5.41, 5.74) is 0.273. The number of benzene rings is 1. The van der Waals surface area contributed by atoms with E-state index >= 15 is 0 Å². The van der Waals surface area contributed by atoms with Crippen molar-refractivity contribution in [3.63, 3.8) is 0 Å². The number of nitrogens with zero attached hydrogens (tertiary/aromatic N) is 3. The minimum Gasteiger partial charge on any atom is -0.341 e. The van der Waals surface area contributed by atoms with Gasteiger partial charge in [0.25, 0.3) is 0 Å². The molecule has 140 valence electrons. The smallest absolute Gasteiger partial charge is 0.341 e. The van der Waals surface area contributed by atoms with Crippen molar-refractivity contribution in [3.05, 3.63) is 46.2 Å². The van der Waals surface area contributed by atoms with E-state index in [-0.39, 0.29) is 35.6 Å². The maximum Gasteiger partial charge on any atom is 0.416 e. The molecule has 1 aliphatic rings. The van der Waals surface area contributed by atoms with Gasteiger partial charge in [-0.2, -0.15) is 13.2 Å². The van der Waals surface area contributed by atoms with Crippen molar-refractivity contribution in [1.82, 2.24) is 25.6 Å². The Morgan fingerprint density at radius 3 is 2.73 bits per heavy atom. The van der Waals surface area contributed by atoms with Gasteiger partial charge < -0.3 is 5.32 Å². The molecular weight excluding hydrogens is 371 g/mol. The number of aromatic nitrogens is 3. The zero-order valence-corrected chi connectivity index (χ0v) is 14.8. The van der Waals surface area contributed by atoms with E-state index in [2.05, 4.69) is 20.9 Å². The van der Waals surface area contributed by atoms with Gasteiger partial charge >= 0.3 is 6.18 Å². The molecule has 0 saturated carbocycles. The fourth-order valence-corrected chi connectivity index (χ4v) is 3.23. The Balaban J connectivity index is 1.82. The number of amides is 1. The summed E-state index contributed by atoms with van der Waals surface area (Å²) in [4.78, 5) is 11.7. The van der Waals surface area contributed by atoms with Crippen molar-refractivity contribution in [2.45, 2.75) is 44.7 Å². The fourth-order valence-electron chi connectivity index (χ4n) is 2.89. The van der Waals surface area contributed by atoms with Crippen molar-refractivity contribution in [2.24, 2.45) is 0 Å². The first kappa shape index (κ1) is 18.7. The normalized spacial score (nSPS) is 22.2. The highest BCUT2D eigenvalue weighted by Gasteiger charge is 2.31. The lowest BCUT2D eigenvalue weighted by molar-refractivity contribution is -0.137. The van der Waals surface area contributed by atoms with Crippen LogP contribution in [0.25, 0.3) is 0 Å². The molecule has 26 heavy (non-hydrogen) atoms. The second-order valence-electron chi connectivity index (χ2n) is 6.25. The van der Waals surface area contributed by atoms with Crippen LogP contribution in [0.4, 0.5) is 13.2 Å². The van der Waals surface area contributed by atoms with E-state index in [0.717, 1.165) is 12.1 Å². The summed E-state index contributed by atoms with van der Waals surface area (Å²) in [5, 5.41) is 14.1. The van der Waals surface area contributed by atoms with E-state index in [9.17, 15) is 18.0 Å². The van der Waals surface area contributed by atoms with Crippen LogP contribution in [0.5, 0.6) is 0 Å². The third-order valence-corrected chi connectivity index (χ3v) is 4.61. The van der Waals surface area contributed by atoms with Crippen LogP contribution in [0.1, 0.15) is 49.2 Å². The Morgan fingerprint density at radius 1 is 1.38 bits per heavy atom. The SMILES string of the molecule is CC1NC(=O)CC(n2cc([C@@H](C)c3ccc(C(F)(F)F)cc3Cl)nn2)N1. The summed E-state index contributed by atoms with van der Waals surface area (Å²) in [5.74, 6) is -0.453. The summed E-state index contributed by atoms with van der Waals surface area (Å²) in [6.07, 6.45) is -3.10. The molecule has 2 aromatic rings. The van der Waals surface area contributed by atoms with E-state index in [1.165, 1.54) is 6.07 Å². The lowest BCUT2D eigenvalue weighted by Gasteiger charge is -2.28. The van der Waals surface area contributed by atoms with Crippen LogP contribution in [0.2, 0.25) is 5.02 Å². The second kappa shape index (κ2) is 6.88. The predicted molar refractivity (Wildman–Crippen MR) is 88.4 cm³/mol. The highest BCUT2D eigenvalue weighted by molar-refractivity contribution is 6.31. The summed E-state index contributed by atoms with van der Waals surface area (Å²) >= 11 is 6.05. The Morgan fingerprint density at radius 2 is 2.12 bits per heavy atom. The summed E-state index contributed by atoms with van der Waals surface area (Å²) < 4.78 is 39.9. The molecule has 1 amide bonds. The number of rotatable bonds is 3. The van der Waals surface area contributed by atoms with Gasteiger partial charge in [-0.1, -0.05) is 29.8 Å². The van der Waals surface area contributed by atoms with Crippen LogP contribution < -0.4 is 10.6 Å². The molecule has 1 aromatic heterocycles. The molecule has 1 fully saturated rings. The Labute approximate surface area is 152 Å². The van der Waals surface area contributed by atoms with Gasteiger partial charge in [0.2, 0.25) is 5.91 Å². The lowest BCUT2D eigenvalue weighted by Crippen LogP contribution is -2.52. The lowest BCUT2D eigenvalue weighted by atomic mass is 9.97. The van der Waals surface area contributed by atoms with Crippen molar-refractivity contribution >= 4 is 17.5 Å². The third kappa shape index (κ3) is 3.83. The number of alkyl halides is 3. The Kier molecular flexibility index (Phi) is 4.94. The molecular formula is C16H17ClF3N5O. The van der Waals surface area contributed by atoms with Crippen LogP contribution >= 0.6 is 11.6 Å². The summed E-state index contributed by atoms with van der Waals surface area (Å²) in [7, 11) is 0. The molecule has 6 nitrogen and oxygen atoms in total. The molecule has 0 radical (unpaired) electrons. The average molecular weight is 388 g/mol. The van der Waals surface area contributed by atoms with Crippen molar-refractivity contribution in [1.29, 1.82) is 0 Å². The van der Waals surface area contributed by atoms with Gasteiger partial charge in [-0.15, -0.1) is 5.10 Å². The van der Waals surface area contributed by atoms with E-state index in [4.69, 9.17) is 11.6 Å². The van der Waals surface area contributed by atoms with Crippen LogP contribution in [0, 0.1) is 0 Å². The first-order valence-corrected chi connectivity index (χ1v) is 8.36. The first-order valence-electron chi connectivity index (χ1n) is 7.99. The van der Waals surface area contributed by atoms with Gasteiger partial charge in [0.1, 0.15) is 6.17 Å². The minimum atomic E-state index is -4.45. The van der Waals surface area contributed by atoms with Gasteiger partial charge in [0.05, 0.1) is 30.0 Å². The Bertz CT molecular complexity index is 822. The number of halogens is 4. The van der Waals surface area contributed by atoms with Gasteiger partial charge in [0, 0.05) is 10.9 Å². The van der Waals surface area contributed by atoms with E-state index in [1.807, 2.05) is 6.92 Å². The Hall–Kier alpha value is -2.13. The van der Waals surface area contributed by atoms with E-state index < -0.39 is 11.7 Å². The topological polar surface area (TPSA) is 71.8 Å². The van der Waals surface area contributed by atoms with Gasteiger partial charge in [-0.05, 0) is 24.6 Å². The number of carbonyl (C=O) groups is 1. The standard InChI is InChI=1S/C16H17ClF3N5O/c1-8(11-4-3-10(5-12(11)17)16(18,19)20)13-7-25(24-23-13)14-6-15(26)22-9(2)21-14/h3-5,7-9,14,21H,6H2,1-2H3,(H,22,26)/t8-,9?,14?/m0/s1. The molecule has 2 heterocycles. The molecule has 1 aromatic carbocycles. The monoisotopic (exact) mass is 387 g/mol. The molecule has 1 aliphatic heterocycles. The highest BCUT2D eigenvalue weighted by atomic mass is 35.5. The van der Waals surface area contributed by atoms with Crippen molar-refractivity contribution in [3.8, 4) is 0 Å². The van der Waals surface area contributed by atoms with E-state index in [0.29, 0.717) is 11.3 Å². The van der Waals surface area contributed by atoms with E-state index in [1.54, 1.807) is 17.8 Å². The van der Waals surface area contributed by atoms with Gasteiger partial charge in [-0.25, -0.2) is 4.68 Å². The quantitative estimate of drug-likeness (QED) is 0.849. The predicted octanol–water partition coefficient (Wildman–Crippen LogP) is 3.06. The first-order chi connectivity index (χ1) is 12.1. The number of nitrogens with one attached hydrogen (secondary N) is 2. The molecule has 0 bridgehead atoms. The molecule has 0 aliphatic carbocycles. The summed E-state index contributed by atoms with van der Waals surface area (Å²) in [6, 6.07) is 3.26.